The van der Waals surface area contributed by atoms with Gasteiger partial charge in [-0.25, -0.2) is 4.98 Å². The number of aliphatic hydroxyl groups excluding tert-OH is 1. The van der Waals surface area contributed by atoms with E-state index in [2.05, 4.69) is 27.8 Å². The second kappa shape index (κ2) is 5.40. The lowest BCUT2D eigenvalue weighted by Crippen LogP contribution is -2.31. The predicted molar refractivity (Wildman–Crippen MR) is 73.9 cm³/mol. The molecule has 102 valence electrons. The van der Waals surface area contributed by atoms with Crippen molar-refractivity contribution in [1.82, 2.24) is 14.5 Å². The molecule has 0 unspecified atom stereocenters. The molecule has 2 aromatic rings. The second-order valence-corrected chi connectivity index (χ2v) is 4.76. The maximum atomic E-state index is 11.3. The van der Waals surface area contributed by atoms with Gasteiger partial charge in [-0.05, 0) is 31.0 Å². The summed E-state index contributed by atoms with van der Waals surface area (Å²) in [4.78, 5) is 17.3. The van der Waals surface area contributed by atoms with Gasteiger partial charge in [0.1, 0.15) is 12.4 Å². The van der Waals surface area contributed by atoms with Gasteiger partial charge in [0, 0.05) is 20.6 Å². The normalized spacial score (nSPS) is 10.9. The van der Waals surface area contributed by atoms with Crippen LogP contribution < -0.4 is 0 Å². The molecule has 0 spiro atoms. The van der Waals surface area contributed by atoms with E-state index in [-0.39, 0.29) is 5.91 Å². The van der Waals surface area contributed by atoms with Crippen molar-refractivity contribution >= 4 is 16.9 Å². The molecule has 0 atom stereocenters. The number of fused-ring (bicyclic) bond motifs is 1. The highest BCUT2D eigenvalue weighted by Gasteiger charge is 2.08. The zero-order valence-corrected chi connectivity index (χ0v) is 11.6. The van der Waals surface area contributed by atoms with E-state index in [4.69, 9.17) is 5.11 Å². The van der Waals surface area contributed by atoms with Gasteiger partial charge in [0.15, 0.2) is 0 Å². The van der Waals surface area contributed by atoms with Gasteiger partial charge >= 0.3 is 0 Å². The molecule has 0 saturated heterocycles. The number of nitrogens with zero attached hydrogens (tertiary/aromatic N) is 3. The summed E-state index contributed by atoms with van der Waals surface area (Å²) in [6, 6.07) is 6.17. The summed E-state index contributed by atoms with van der Waals surface area (Å²) in [5.74, 6) is 0.731. The highest BCUT2D eigenvalue weighted by molar-refractivity contribution is 5.77. The number of aliphatic hydroxyl groups is 1. The molecule has 1 heterocycles. The Morgan fingerprint density at radius 3 is 2.89 bits per heavy atom. The van der Waals surface area contributed by atoms with Crippen molar-refractivity contribution in [3.63, 3.8) is 0 Å². The van der Waals surface area contributed by atoms with Crippen LogP contribution in [-0.4, -0.2) is 45.7 Å². The number of amides is 1. The highest BCUT2D eigenvalue weighted by atomic mass is 16.3. The Bertz CT molecular complexity index is 604. The van der Waals surface area contributed by atoms with Crippen LogP contribution in [0.15, 0.2) is 18.2 Å². The predicted octanol–water partition coefficient (Wildman–Crippen LogP) is 0.875. The summed E-state index contributed by atoms with van der Waals surface area (Å²) in [5.41, 5.74) is 3.23. The number of rotatable bonds is 4. The fraction of sp³-hybridized carbons (Fsp3) is 0.429. The van der Waals surface area contributed by atoms with Crippen LogP contribution in [0.5, 0.6) is 0 Å². The molecule has 19 heavy (non-hydrogen) atoms. The Labute approximate surface area is 112 Å². The molecule has 2 rings (SSSR count). The van der Waals surface area contributed by atoms with E-state index in [1.165, 1.54) is 4.90 Å². The third-order valence-corrected chi connectivity index (χ3v) is 3.47. The number of aryl methyl sites for hydroxylation is 2. The first kappa shape index (κ1) is 13.5. The van der Waals surface area contributed by atoms with Gasteiger partial charge in [-0.3, -0.25) is 4.79 Å². The highest BCUT2D eigenvalue weighted by Crippen LogP contribution is 2.16. The quantitative estimate of drug-likeness (QED) is 0.888. The van der Waals surface area contributed by atoms with Crippen LogP contribution in [-0.2, 0) is 18.3 Å². The Hall–Kier alpha value is -1.88. The molecule has 0 fully saturated rings. The van der Waals surface area contributed by atoms with Gasteiger partial charge in [-0.1, -0.05) is 6.07 Å². The van der Waals surface area contributed by atoms with Crippen molar-refractivity contribution in [2.75, 3.05) is 20.2 Å². The van der Waals surface area contributed by atoms with Crippen LogP contribution in [0.25, 0.3) is 11.0 Å². The first-order chi connectivity index (χ1) is 9.02. The molecule has 1 aromatic carbocycles. The number of imidazole rings is 1. The molecule has 0 saturated carbocycles. The molecule has 5 nitrogen and oxygen atoms in total. The lowest BCUT2D eigenvalue weighted by Gasteiger charge is -2.15. The molecule has 5 heteroatoms. The standard InChI is InChI=1S/C14H19N3O2/c1-10-15-12-8-11(4-5-13(12)17(10)3)6-7-16(2)14(19)9-18/h4-5,8,18H,6-7,9H2,1-3H3. The largest absolute Gasteiger partial charge is 0.387 e. The summed E-state index contributed by atoms with van der Waals surface area (Å²) in [6.07, 6.45) is 0.758. The number of carbonyl (C=O) groups is 1. The van der Waals surface area contributed by atoms with Gasteiger partial charge in [0.25, 0.3) is 0 Å². The first-order valence-electron chi connectivity index (χ1n) is 6.29. The second-order valence-electron chi connectivity index (χ2n) is 4.76. The van der Waals surface area contributed by atoms with Crippen molar-refractivity contribution in [1.29, 1.82) is 0 Å². The maximum absolute atomic E-state index is 11.3. The molecule has 0 aliphatic rings. The van der Waals surface area contributed by atoms with Gasteiger partial charge in [-0.15, -0.1) is 0 Å². The topological polar surface area (TPSA) is 58.4 Å². The molecule has 0 aliphatic heterocycles. The van der Waals surface area contributed by atoms with Gasteiger partial charge < -0.3 is 14.6 Å². The van der Waals surface area contributed by atoms with Crippen LogP contribution in [0.1, 0.15) is 11.4 Å². The van der Waals surface area contributed by atoms with E-state index in [0.29, 0.717) is 6.54 Å². The van der Waals surface area contributed by atoms with Crippen LogP contribution in [0.4, 0.5) is 0 Å². The number of likely N-dealkylation sites (N-methyl/N-ethyl adjacent to an activating group) is 1. The third kappa shape index (κ3) is 2.76. The third-order valence-electron chi connectivity index (χ3n) is 3.47. The minimum Gasteiger partial charge on any atom is -0.387 e. The number of hydrogen-bond acceptors (Lipinski definition) is 3. The Morgan fingerprint density at radius 2 is 2.21 bits per heavy atom. The SMILES string of the molecule is Cc1nc2cc(CCN(C)C(=O)CO)ccc2n1C. The lowest BCUT2D eigenvalue weighted by atomic mass is 10.1. The van der Waals surface area contributed by atoms with E-state index in [1.54, 1.807) is 7.05 Å². The monoisotopic (exact) mass is 261 g/mol. The Kier molecular flexibility index (Phi) is 3.85. The molecule has 0 aliphatic carbocycles. The number of benzene rings is 1. The van der Waals surface area contributed by atoms with Crippen molar-refractivity contribution < 1.29 is 9.90 Å². The summed E-state index contributed by atoms with van der Waals surface area (Å²) in [7, 11) is 3.69. The van der Waals surface area contributed by atoms with Gasteiger partial charge in [0.05, 0.1) is 11.0 Å². The van der Waals surface area contributed by atoms with Crippen LogP contribution in [0.3, 0.4) is 0 Å². The van der Waals surface area contributed by atoms with Crippen molar-refractivity contribution in [2.45, 2.75) is 13.3 Å². The van der Waals surface area contributed by atoms with Crippen LogP contribution >= 0.6 is 0 Å². The minimum atomic E-state index is -0.436. The first-order valence-corrected chi connectivity index (χ1v) is 6.29. The molecular formula is C14H19N3O2. The maximum Gasteiger partial charge on any atom is 0.248 e. The van der Waals surface area contributed by atoms with Crippen molar-refractivity contribution in [3.8, 4) is 0 Å². The molecule has 0 bridgehead atoms. The average Bonchev–Trinajstić information content (AvgIpc) is 2.70. The van der Waals surface area contributed by atoms with Crippen LogP contribution in [0.2, 0.25) is 0 Å². The summed E-state index contributed by atoms with van der Waals surface area (Å²) >= 11 is 0. The molecule has 1 N–H and O–H groups in total. The van der Waals surface area contributed by atoms with E-state index >= 15 is 0 Å². The smallest absolute Gasteiger partial charge is 0.248 e. The van der Waals surface area contributed by atoms with Gasteiger partial charge in [0.2, 0.25) is 5.91 Å². The van der Waals surface area contributed by atoms with Crippen LogP contribution in [0, 0.1) is 6.92 Å². The van der Waals surface area contributed by atoms with Crippen molar-refractivity contribution in [2.24, 2.45) is 7.05 Å². The van der Waals surface area contributed by atoms with E-state index in [9.17, 15) is 4.79 Å². The lowest BCUT2D eigenvalue weighted by molar-refractivity contribution is -0.132. The number of aromatic nitrogens is 2. The van der Waals surface area contributed by atoms with Gasteiger partial charge in [-0.2, -0.15) is 0 Å². The Balaban J connectivity index is 2.12. The number of hydrogen-bond donors (Lipinski definition) is 1. The van der Waals surface area contributed by atoms with Crippen molar-refractivity contribution in [3.05, 3.63) is 29.6 Å². The van der Waals surface area contributed by atoms with E-state index < -0.39 is 6.61 Å². The fourth-order valence-corrected chi connectivity index (χ4v) is 2.06. The molecule has 0 radical (unpaired) electrons. The fourth-order valence-electron chi connectivity index (χ4n) is 2.06. The Morgan fingerprint density at radius 1 is 1.47 bits per heavy atom. The minimum absolute atomic E-state index is 0.255. The molecular weight excluding hydrogens is 242 g/mol. The molecule has 1 amide bonds. The number of carbonyl (C=O) groups excluding carboxylic acids is 1. The zero-order valence-electron chi connectivity index (χ0n) is 11.6. The van der Waals surface area contributed by atoms with E-state index in [0.717, 1.165) is 28.8 Å². The summed E-state index contributed by atoms with van der Waals surface area (Å²) in [5, 5.41) is 8.77. The van der Waals surface area contributed by atoms with E-state index in [1.807, 2.05) is 14.0 Å². The summed E-state index contributed by atoms with van der Waals surface area (Å²) < 4.78 is 2.06. The average molecular weight is 261 g/mol. The zero-order chi connectivity index (χ0) is 14.0. The summed E-state index contributed by atoms with van der Waals surface area (Å²) in [6.45, 7) is 2.14. The molecule has 1 aromatic heterocycles.